The van der Waals surface area contributed by atoms with Gasteiger partial charge in [0.05, 0.1) is 19.3 Å². The van der Waals surface area contributed by atoms with E-state index in [1.807, 2.05) is 4.90 Å². The minimum absolute atomic E-state index is 0. The van der Waals surface area contributed by atoms with E-state index in [1.54, 1.807) is 11.3 Å². The Bertz CT molecular complexity index is 483. The number of hydrogen-bond acceptors (Lipinski definition) is 5. The van der Waals surface area contributed by atoms with Crippen LogP contribution in [-0.4, -0.2) is 61.1 Å². The molecule has 21 heavy (non-hydrogen) atoms. The molecule has 0 radical (unpaired) electrons. The number of nitrogens with two attached hydrogens (primary N) is 1. The maximum Gasteiger partial charge on any atom is 0.237 e. The molecule has 0 aliphatic carbocycles. The zero-order valence-electron chi connectivity index (χ0n) is 12.0. The molecule has 3 rings (SSSR count). The second kappa shape index (κ2) is 7.56. The summed E-state index contributed by atoms with van der Waals surface area (Å²) in [6, 6.07) is 2.14. The average Bonchev–Trinajstić information content (AvgIpc) is 2.94. The van der Waals surface area contributed by atoms with Crippen LogP contribution in [0, 0.1) is 0 Å². The maximum atomic E-state index is 12.4. The summed E-state index contributed by atoms with van der Waals surface area (Å²) in [7, 11) is 0. The number of fused-ring (bicyclic) bond motifs is 1. The van der Waals surface area contributed by atoms with Crippen molar-refractivity contribution in [1.82, 2.24) is 9.80 Å². The van der Waals surface area contributed by atoms with Crippen LogP contribution in [0.2, 0.25) is 0 Å². The topological polar surface area (TPSA) is 58.8 Å². The first kappa shape index (κ1) is 16.7. The molecule has 2 aliphatic heterocycles. The highest BCUT2D eigenvalue weighted by atomic mass is 35.5. The van der Waals surface area contributed by atoms with Crippen molar-refractivity contribution in [2.24, 2.45) is 5.73 Å². The fraction of sp³-hybridized carbons (Fsp3) is 0.643. The highest BCUT2D eigenvalue weighted by Crippen LogP contribution is 2.24. The third kappa shape index (κ3) is 3.96. The molecule has 2 N–H and O–H groups in total. The van der Waals surface area contributed by atoms with Crippen LogP contribution in [0.5, 0.6) is 0 Å². The van der Waals surface area contributed by atoms with Crippen molar-refractivity contribution < 1.29 is 9.53 Å². The molecule has 118 valence electrons. The summed E-state index contributed by atoms with van der Waals surface area (Å²) >= 11 is 1.80. The van der Waals surface area contributed by atoms with Crippen LogP contribution in [0.1, 0.15) is 10.4 Å². The molecular formula is C14H22ClN3O2S. The monoisotopic (exact) mass is 331 g/mol. The predicted octanol–water partition coefficient (Wildman–Crippen LogP) is 0.714. The second-order valence-corrected chi connectivity index (χ2v) is 6.40. The van der Waals surface area contributed by atoms with E-state index in [1.165, 1.54) is 10.4 Å². The van der Waals surface area contributed by atoms with Crippen LogP contribution in [0.3, 0.4) is 0 Å². The Hall–Kier alpha value is -0.660. The van der Waals surface area contributed by atoms with E-state index in [0.29, 0.717) is 19.7 Å². The van der Waals surface area contributed by atoms with E-state index in [9.17, 15) is 4.79 Å². The van der Waals surface area contributed by atoms with Gasteiger partial charge in [0.1, 0.15) is 0 Å². The first-order valence-corrected chi connectivity index (χ1v) is 8.01. The number of carbonyl (C=O) groups excluding carboxylic acids is 1. The van der Waals surface area contributed by atoms with Crippen LogP contribution < -0.4 is 5.73 Å². The zero-order valence-corrected chi connectivity index (χ0v) is 13.6. The lowest BCUT2D eigenvalue weighted by atomic mass is 10.1. The molecule has 0 spiro atoms. The lowest BCUT2D eigenvalue weighted by molar-refractivity contribution is -0.135. The lowest BCUT2D eigenvalue weighted by Gasteiger charge is -2.34. The number of halogens is 1. The Morgan fingerprint density at radius 2 is 2.33 bits per heavy atom. The minimum Gasteiger partial charge on any atom is -0.374 e. The predicted molar refractivity (Wildman–Crippen MR) is 85.9 cm³/mol. The van der Waals surface area contributed by atoms with Crippen molar-refractivity contribution >= 4 is 29.7 Å². The number of morpholine rings is 1. The van der Waals surface area contributed by atoms with Crippen molar-refractivity contribution in [3.63, 3.8) is 0 Å². The van der Waals surface area contributed by atoms with Gasteiger partial charge in [0, 0.05) is 37.6 Å². The van der Waals surface area contributed by atoms with E-state index in [4.69, 9.17) is 10.5 Å². The molecule has 5 nitrogen and oxygen atoms in total. The summed E-state index contributed by atoms with van der Waals surface area (Å²) in [6.45, 7) is 4.87. The molecule has 1 unspecified atom stereocenters. The van der Waals surface area contributed by atoms with Crippen molar-refractivity contribution in [1.29, 1.82) is 0 Å². The molecule has 2 aliphatic rings. The SMILES string of the molecule is Cl.NCC1CN(CC(=O)N2CCc3sccc3C2)CCO1. The molecule has 0 aromatic carbocycles. The van der Waals surface area contributed by atoms with Gasteiger partial charge >= 0.3 is 0 Å². The summed E-state index contributed by atoms with van der Waals surface area (Å²) in [5.74, 6) is 0.222. The Morgan fingerprint density at radius 1 is 1.48 bits per heavy atom. The molecule has 7 heteroatoms. The van der Waals surface area contributed by atoms with Crippen LogP contribution >= 0.6 is 23.7 Å². The number of carbonyl (C=O) groups is 1. The van der Waals surface area contributed by atoms with E-state index >= 15 is 0 Å². The van der Waals surface area contributed by atoms with Gasteiger partial charge in [0.2, 0.25) is 5.91 Å². The van der Waals surface area contributed by atoms with Crippen molar-refractivity contribution in [2.45, 2.75) is 19.1 Å². The summed E-state index contributed by atoms with van der Waals surface area (Å²) in [5.41, 5.74) is 6.95. The van der Waals surface area contributed by atoms with E-state index in [0.717, 1.165) is 32.6 Å². The van der Waals surface area contributed by atoms with Gasteiger partial charge in [0.15, 0.2) is 0 Å². The van der Waals surface area contributed by atoms with E-state index in [2.05, 4.69) is 16.3 Å². The largest absolute Gasteiger partial charge is 0.374 e. The molecule has 1 fully saturated rings. The van der Waals surface area contributed by atoms with Crippen LogP contribution in [0.25, 0.3) is 0 Å². The second-order valence-electron chi connectivity index (χ2n) is 5.40. The summed E-state index contributed by atoms with van der Waals surface area (Å²) in [6.07, 6.45) is 1.06. The third-order valence-corrected chi connectivity index (χ3v) is 5.03. The molecule has 3 heterocycles. The molecule has 1 amide bonds. The third-order valence-electron chi connectivity index (χ3n) is 4.01. The van der Waals surface area contributed by atoms with Gasteiger partial charge in [-0.3, -0.25) is 9.69 Å². The van der Waals surface area contributed by atoms with Gasteiger partial charge in [-0.2, -0.15) is 0 Å². The zero-order chi connectivity index (χ0) is 13.9. The normalized spacial score (nSPS) is 22.5. The maximum absolute atomic E-state index is 12.4. The first-order chi connectivity index (χ1) is 9.76. The fourth-order valence-corrected chi connectivity index (χ4v) is 3.71. The lowest BCUT2D eigenvalue weighted by Crippen LogP contribution is -2.50. The number of ether oxygens (including phenoxy) is 1. The van der Waals surface area contributed by atoms with E-state index < -0.39 is 0 Å². The minimum atomic E-state index is 0. The molecule has 1 atom stereocenters. The van der Waals surface area contributed by atoms with Gasteiger partial charge in [-0.15, -0.1) is 23.7 Å². The highest BCUT2D eigenvalue weighted by molar-refractivity contribution is 7.10. The van der Waals surface area contributed by atoms with Crippen molar-refractivity contribution in [3.05, 3.63) is 21.9 Å². The van der Waals surface area contributed by atoms with Crippen molar-refractivity contribution in [2.75, 3.05) is 39.3 Å². The average molecular weight is 332 g/mol. The van der Waals surface area contributed by atoms with Gasteiger partial charge < -0.3 is 15.4 Å². The highest BCUT2D eigenvalue weighted by Gasteiger charge is 2.25. The number of thiophene rings is 1. The molecule has 0 saturated carbocycles. The van der Waals surface area contributed by atoms with Crippen LogP contribution in [0.4, 0.5) is 0 Å². The van der Waals surface area contributed by atoms with Gasteiger partial charge in [0.25, 0.3) is 0 Å². The number of amides is 1. The smallest absolute Gasteiger partial charge is 0.237 e. The van der Waals surface area contributed by atoms with Gasteiger partial charge in [-0.1, -0.05) is 0 Å². The van der Waals surface area contributed by atoms with Crippen molar-refractivity contribution in [3.8, 4) is 0 Å². The van der Waals surface area contributed by atoms with Gasteiger partial charge in [-0.05, 0) is 23.4 Å². The standard InChI is InChI=1S/C14H21N3O2S.ClH/c15-7-12-9-16(4-5-19-12)10-14(18)17-3-1-13-11(8-17)2-6-20-13;/h2,6,12H,1,3-5,7-10,15H2;1H. The summed E-state index contributed by atoms with van der Waals surface area (Å²) < 4.78 is 5.53. The number of hydrogen-bond donors (Lipinski definition) is 1. The summed E-state index contributed by atoms with van der Waals surface area (Å²) in [5, 5.41) is 2.12. The fourth-order valence-electron chi connectivity index (χ4n) is 2.82. The molecule has 1 saturated heterocycles. The summed E-state index contributed by atoms with van der Waals surface area (Å²) in [4.78, 5) is 18.0. The number of rotatable bonds is 3. The van der Waals surface area contributed by atoms with Crippen LogP contribution in [0.15, 0.2) is 11.4 Å². The Labute approximate surface area is 135 Å². The Balaban J connectivity index is 0.00000161. The van der Waals surface area contributed by atoms with E-state index in [-0.39, 0.29) is 24.4 Å². The number of nitrogens with zero attached hydrogens (tertiary/aromatic N) is 2. The van der Waals surface area contributed by atoms with Crippen LogP contribution in [-0.2, 0) is 22.5 Å². The molecule has 1 aromatic heterocycles. The molecule has 1 aromatic rings. The first-order valence-electron chi connectivity index (χ1n) is 7.13. The quantitative estimate of drug-likeness (QED) is 0.886. The molecule has 0 bridgehead atoms. The Morgan fingerprint density at radius 3 is 3.14 bits per heavy atom. The van der Waals surface area contributed by atoms with Gasteiger partial charge in [-0.25, -0.2) is 0 Å². The Kier molecular flexibility index (Phi) is 6.01. The molecular weight excluding hydrogens is 310 g/mol.